The van der Waals surface area contributed by atoms with Crippen LogP contribution >= 0.6 is 0 Å². The first kappa shape index (κ1) is 22.5. The summed E-state index contributed by atoms with van der Waals surface area (Å²) in [4.78, 5) is 2.47. The van der Waals surface area contributed by atoms with Gasteiger partial charge in [0.15, 0.2) is 5.82 Å². The minimum absolute atomic E-state index is 0.134. The van der Waals surface area contributed by atoms with Crippen molar-refractivity contribution in [2.75, 3.05) is 38.2 Å². The van der Waals surface area contributed by atoms with Crippen LogP contribution in [-0.2, 0) is 18.0 Å². The summed E-state index contributed by atoms with van der Waals surface area (Å²) >= 11 is 0. The number of nitrogens with zero attached hydrogens (tertiary/aromatic N) is 5. The van der Waals surface area contributed by atoms with Gasteiger partial charge in [0.2, 0.25) is 0 Å². The van der Waals surface area contributed by atoms with Crippen molar-refractivity contribution in [1.29, 1.82) is 0 Å². The van der Waals surface area contributed by atoms with Crippen LogP contribution < -0.4 is 5.32 Å². The van der Waals surface area contributed by atoms with Crippen molar-refractivity contribution < 1.29 is 19.3 Å². The Kier molecular flexibility index (Phi) is 5.81. The molecule has 0 radical (unpaired) electrons. The summed E-state index contributed by atoms with van der Waals surface area (Å²) in [5.74, 6) is 0.886. The summed E-state index contributed by atoms with van der Waals surface area (Å²) in [5, 5.41) is 16.0. The van der Waals surface area contributed by atoms with E-state index in [4.69, 9.17) is 6.11 Å². The maximum Gasteiger partial charge on any atom is 0.420 e. The minimum atomic E-state index is -4.63. The van der Waals surface area contributed by atoms with Crippen LogP contribution in [-0.4, -0.2) is 63.7 Å². The number of alkyl halides is 3. The Morgan fingerprint density at radius 2 is 1.86 bits per heavy atom. The number of hydrogen-bond donors (Lipinski definition) is 1. The van der Waals surface area contributed by atoms with Crippen molar-refractivity contribution in [2.45, 2.75) is 37.9 Å². The molecular formula is C26H31F3N6O. The third-order valence-corrected chi connectivity index (χ3v) is 7.84. The quantitative estimate of drug-likeness (QED) is 0.551. The van der Waals surface area contributed by atoms with Crippen molar-refractivity contribution in [1.82, 2.24) is 24.9 Å². The fourth-order valence-electron chi connectivity index (χ4n) is 6.08. The van der Waals surface area contributed by atoms with Crippen LogP contribution in [0.2, 0.25) is 0 Å². The number of aryl methyl sites for hydroxylation is 1. The zero-order valence-corrected chi connectivity index (χ0v) is 20.3. The van der Waals surface area contributed by atoms with E-state index >= 15 is 0 Å². The Morgan fingerprint density at radius 1 is 1.11 bits per heavy atom. The summed E-state index contributed by atoms with van der Waals surface area (Å²) in [6.07, 6.45) is 0.345. The van der Waals surface area contributed by atoms with Crippen molar-refractivity contribution in [2.24, 2.45) is 24.8 Å². The lowest BCUT2D eigenvalue weighted by Gasteiger charge is -2.28. The summed E-state index contributed by atoms with van der Waals surface area (Å²) in [6, 6.07) is 5.05. The topological polar surface area (TPSA) is 68.1 Å². The van der Waals surface area contributed by atoms with Crippen LogP contribution in [0, 0.1) is 17.8 Å². The van der Waals surface area contributed by atoms with Gasteiger partial charge in [-0.1, -0.05) is 6.07 Å². The van der Waals surface area contributed by atoms with E-state index in [2.05, 4.69) is 25.5 Å². The molecule has 1 aromatic carbocycles. The van der Waals surface area contributed by atoms with Gasteiger partial charge in [-0.3, -0.25) is 4.68 Å². The molecule has 7 nitrogen and oxygen atoms in total. The molecule has 1 aliphatic carbocycles. The van der Waals surface area contributed by atoms with Crippen molar-refractivity contribution >= 4 is 16.7 Å². The second-order valence-electron chi connectivity index (χ2n) is 10.5. The molecule has 2 aromatic heterocycles. The molecule has 1 saturated carbocycles. The Hall–Kier alpha value is -2.72. The van der Waals surface area contributed by atoms with Crippen molar-refractivity contribution in [3.05, 3.63) is 36.0 Å². The number of aromatic nitrogens is 4. The summed E-state index contributed by atoms with van der Waals surface area (Å²) < 4.78 is 58.4. The highest BCUT2D eigenvalue weighted by molar-refractivity contribution is 5.83. The highest BCUT2D eigenvalue weighted by atomic mass is 19.4. The van der Waals surface area contributed by atoms with Crippen LogP contribution in [0.1, 0.15) is 32.6 Å². The normalized spacial score (nSPS) is 27.9. The molecule has 0 spiro atoms. The van der Waals surface area contributed by atoms with E-state index in [-0.39, 0.29) is 11.5 Å². The summed E-state index contributed by atoms with van der Waals surface area (Å²) in [7, 11) is 1.79. The maximum absolute atomic E-state index is 14.1. The lowest BCUT2D eigenvalue weighted by Crippen LogP contribution is -2.32. The largest absolute Gasteiger partial charge is 0.420 e. The molecule has 2 unspecified atom stereocenters. The molecule has 6 rings (SSSR count). The minimum Gasteiger partial charge on any atom is -0.381 e. The molecule has 192 valence electrons. The van der Waals surface area contributed by atoms with Gasteiger partial charge in [-0.2, -0.15) is 18.3 Å². The zero-order chi connectivity index (χ0) is 25.8. The van der Waals surface area contributed by atoms with Crippen molar-refractivity contribution in [3.8, 4) is 11.3 Å². The predicted octanol–water partition coefficient (Wildman–Crippen LogP) is 4.60. The predicted molar refractivity (Wildman–Crippen MR) is 130 cm³/mol. The summed E-state index contributed by atoms with van der Waals surface area (Å²) in [5.41, 5.74) is 0.525. The number of benzene rings is 1. The molecule has 3 fully saturated rings. The molecule has 4 heterocycles. The van der Waals surface area contributed by atoms with E-state index in [1.165, 1.54) is 0 Å². The third kappa shape index (κ3) is 4.80. The molecule has 1 N–H and O–H groups in total. The van der Waals surface area contributed by atoms with E-state index in [0.29, 0.717) is 36.2 Å². The van der Waals surface area contributed by atoms with Gasteiger partial charge in [0, 0.05) is 63.1 Å². The third-order valence-electron chi connectivity index (χ3n) is 7.84. The van der Waals surface area contributed by atoms with Gasteiger partial charge in [-0.05, 0) is 61.6 Å². The van der Waals surface area contributed by atoms with Crippen LogP contribution in [0.25, 0.3) is 22.2 Å². The zero-order valence-electron chi connectivity index (χ0n) is 21.3. The van der Waals surface area contributed by atoms with E-state index in [0.717, 1.165) is 62.7 Å². The fourth-order valence-corrected chi connectivity index (χ4v) is 6.08. The van der Waals surface area contributed by atoms with Gasteiger partial charge < -0.3 is 15.0 Å². The molecule has 2 atom stereocenters. The van der Waals surface area contributed by atoms with Crippen molar-refractivity contribution in [3.63, 3.8) is 0 Å². The first-order valence-corrected chi connectivity index (χ1v) is 12.6. The first-order valence-electron chi connectivity index (χ1n) is 13.1. The second kappa shape index (κ2) is 9.30. The number of halogens is 3. The van der Waals surface area contributed by atoms with Crippen LogP contribution in [0.5, 0.6) is 0 Å². The Morgan fingerprint density at radius 3 is 2.58 bits per heavy atom. The Balaban J connectivity index is 1.18. The fraction of sp³-hybridized carbons (Fsp3) is 0.577. The van der Waals surface area contributed by atoms with Crippen LogP contribution in [0.15, 0.2) is 30.5 Å². The molecule has 0 amide bonds. The molecule has 2 aliphatic heterocycles. The monoisotopic (exact) mass is 501 g/mol. The number of fused-ring (bicyclic) bond motifs is 2. The van der Waals surface area contributed by atoms with E-state index in [1.54, 1.807) is 36.1 Å². The van der Waals surface area contributed by atoms with Gasteiger partial charge in [0.25, 0.3) is 0 Å². The van der Waals surface area contributed by atoms with Gasteiger partial charge in [-0.25, -0.2) is 0 Å². The average molecular weight is 502 g/mol. The lowest BCUT2D eigenvalue weighted by molar-refractivity contribution is -0.137. The lowest BCUT2D eigenvalue weighted by atomic mass is 10.00. The van der Waals surface area contributed by atoms with Gasteiger partial charge in [0.1, 0.15) is 5.56 Å². The highest BCUT2D eigenvalue weighted by Gasteiger charge is 2.43. The van der Waals surface area contributed by atoms with E-state index in [9.17, 15) is 13.2 Å². The molecule has 2 saturated heterocycles. The maximum atomic E-state index is 14.1. The molecule has 3 aromatic rings. The average Bonchev–Trinajstić information content (AvgIpc) is 3.48. The Bertz CT molecular complexity index is 1280. The molecular weight excluding hydrogens is 469 g/mol. The number of hydrogen-bond acceptors (Lipinski definition) is 6. The highest BCUT2D eigenvalue weighted by Crippen LogP contribution is 2.42. The molecule has 36 heavy (non-hydrogen) atoms. The SMILES string of the molecule is [2H]C1(Nc2nnc(-c3ccc4nn(C)cc4c3)cc2C(F)(F)F)CC2CN(CC3CCOCC3)CC2C1. The van der Waals surface area contributed by atoms with Crippen LogP contribution in [0.3, 0.4) is 0 Å². The Labute approximate surface area is 209 Å². The second-order valence-corrected chi connectivity index (χ2v) is 10.5. The van der Waals surface area contributed by atoms with Gasteiger partial charge >= 0.3 is 6.18 Å². The number of nitrogens with one attached hydrogen (secondary N) is 1. The number of likely N-dealkylation sites (tertiary alicyclic amines) is 1. The molecule has 3 aliphatic rings. The number of anilines is 1. The van der Waals surface area contributed by atoms with Gasteiger partial charge in [-0.15, -0.1) is 10.2 Å². The molecule has 10 heteroatoms. The standard InChI is InChI=1S/C26H31F3N6O/c1-34-13-20-8-17(2-3-23(20)33-34)24-11-22(26(27,28)29)25(32-31-24)30-21-9-18-14-35(15-19(18)10-21)12-16-4-6-36-7-5-16/h2-3,8,11,13,16,18-19,21H,4-7,9-10,12,14-15H2,1H3,(H,30,32)/i21D. The van der Waals surface area contributed by atoms with Gasteiger partial charge in [0.05, 0.1) is 12.6 Å². The number of rotatable bonds is 5. The van der Waals surface area contributed by atoms with E-state index < -0.39 is 17.8 Å². The smallest absolute Gasteiger partial charge is 0.381 e. The molecule has 0 bridgehead atoms. The summed E-state index contributed by atoms with van der Waals surface area (Å²) in [6.45, 7) is 4.50. The van der Waals surface area contributed by atoms with Crippen LogP contribution in [0.4, 0.5) is 19.0 Å². The van der Waals surface area contributed by atoms with E-state index in [1.807, 2.05) is 0 Å². The first-order chi connectivity index (χ1) is 17.6. The number of ether oxygens (including phenoxy) is 1.